The number of aromatic amines is 1. The van der Waals surface area contributed by atoms with Crippen LogP contribution in [0.3, 0.4) is 0 Å². The first-order valence-electron chi connectivity index (χ1n) is 8.38. The molecule has 2 aromatic rings. The first-order chi connectivity index (χ1) is 12.2. The van der Waals surface area contributed by atoms with Crippen molar-refractivity contribution in [1.29, 1.82) is 0 Å². The zero-order chi connectivity index (χ0) is 17.6. The minimum atomic E-state index is -0.300. The maximum absolute atomic E-state index is 13.0. The third-order valence-electron chi connectivity index (χ3n) is 4.32. The van der Waals surface area contributed by atoms with Gasteiger partial charge in [-0.25, -0.2) is 4.39 Å². The smallest absolute Gasteiger partial charge is 0.271 e. The van der Waals surface area contributed by atoms with E-state index in [9.17, 15) is 9.18 Å². The molecule has 0 bridgehead atoms. The molecule has 0 radical (unpaired) electrons. The second-order valence-electron chi connectivity index (χ2n) is 6.03. The van der Waals surface area contributed by atoms with Crippen molar-refractivity contribution in [2.75, 3.05) is 33.4 Å². The number of nitrogens with zero attached hydrogens (tertiary/aromatic N) is 2. The number of halogens is 1. The molecule has 25 heavy (non-hydrogen) atoms. The van der Waals surface area contributed by atoms with Crippen LogP contribution in [0.5, 0.6) is 0 Å². The van der Waals surface area contributed by atoms with Gasteiger partial charge in [-0.3, -0.25) is 9.89 Å². The molecule has 1 aliphatic rings. The van der Waals surface area contributed by atoms with E-state index in [1.807, 2.05) is 0 Å². The molecule has 1 N–H and O–H groups in total. The molecular weight excluding hydrogens is 325 g/mol. The van der Waals surface area contributed by atoms with Crippen LogP contribution in [0.1, 0.15) is 23.3 Å². The fraction of sp³-hybridized carbons (Fsp3) is 0.444. The minimum absolute atomic E-state index is 0.0730. The van der Waals surface area contributed by atoms with Gasteiger partial charge in [0.2, 0.25) is 0 Å². The van der Waals surface area contributed by atoms with Crippen LogP contribution in [-0.4, -0.2) is 60.5 Å². The average Bonchev–Trinajstić information content (AvgIpc) is 3.13. The van der Waals surface area contributed by atoms with Crippen LogP contribution >= 0.6 is 0 Å². The maximum atomic E-state index is 13.0. The SMILES string of the molecule is COCCOC1CCN(C(=O)c2cc(-c3ccc(F)cc3)n[nH]2)CC1. The quantitative estimate of drug-likeness (QED) is 0.815. The van der Waals surface area contributed by atoms with E-state index in [0.29, 0.717) is 37.7 Å². The summed E-state index contributed by atoms with van der Waals surface area (Å²) in [6, 6.07) is 7.74. The van der Waals surface area contributed by atoms with Gasteiger partial charge < -0.3 is 14.4 Å². The number of hydrogen-bond donors (Lipinski definition) is 1. The molecule has 6 nitrogen and oxygen atoms in total. The number of likely N-dealkylation sites (tertiary alicyclic amines) is 1. The first-order valence-corrected chi connectivity index (χ1v) is 8.38. The molecule has 0 saturated carbocycles. The molecule has 1 fully saturated rings. The number of H-pyrrole nitrogens is 1. The monoisotopic (exact) mass is 347 g/mol. The van der Waals surface area contributed by atoms with E-state index in [2.05, 4.69) is 10.2 Å². The van der Waals surface area contributed by atoms with E-state index in [1.165, 1.54) is 12.1 Å². The van der Waals surface area contributed by atoms with Gasteiger partial charge in [-0.15, -0.1) is 0 Å². The van der Waals surface area contributed by atoms with Crippen LogP contribution in [0.2, 0.25) is 0 Å². The number of hydrogen-bond acceptors (Lipinski definition) is 4. The number of carbonyl (C=O) groups is 1. The Balaban J connectivity index is 1.56. The molecule has 7 heteroatoms. The van der Waals surface area contributed by atoms with Crippen molar-refractivity contribution < 1.29 is 18.7 Å². The highest BCUT2D eigenvalue weighted by Gasteiger charge is 2.25. The van der Waals surface area contributed by atoms with Crippen LogP contribution in [0.15, 0.2) is 30.3 Å². The number of carbonyl (C=O) groups excluding carboxylic acids is 1. The number of benzene rings is 1. The third kappa shape index (κ3) is 4.43. The second-order valence-corrected chi connectivity index (χ2v) is 6.03. The molecule has 1 aromatic carbocycles. The Kier molecular flexibility index (Phi) is 5.78. The maximum Gasteiger partial charge on any atom is 0.271 e. The molecule has 1 saturated heterocycles. The minimum Gasteiger partial charge on any atom is -0.382 e. The number of rotatable bonds is 6. The van der Waals surface area contributed by atoms with Gasteiger partial charge in [0, 0.05) is 25.8 Å². The summed E-state index contributed by atoms with van der Waals surface area (Å²) in [4.78, 5) is 14.4. The summed E-state index contributed by atoms with van der Waals surface area (Å²) in [6.07, 6.45) is 1.80. The summed E-state index contributed by atoms with van der Waals surface area (Å²) >= 11 is 0. The lowest BCUT2D eigenvalue weighted by atomic mass is 10.1. The van der Waals surface area contributed by atoms with Crippen LogP contribution in [0, 0.1) is 5.82 Å². The topological polar surface area (TPSA) is 67.5 Å². The lowest BCUT2D eigenvalue weighted by molar-refractivity contribution is -0.0123. The molecule has 134 valence electrons. The number of methoxy groups -OCH3 is 1. The molecule has 2 heterocycles. The zero-order valence-corrected chi connectivity index (χ0v) is 14.2. The predicted molar refractivity (Wildman–Crippen MR) is 90.7 cm³/mol. The lowest BCUT2D eigenvalue weighted by Crippen LogP contribution is -2.41. The van der Waals surface area contributed by atoms with Gasteiger partial charge in [0.25, 0.3) is 5.91 Å². The number of amides is 1. The number of piperidine rings is 1. The summed E-state index contributed by atoms with van der Waals surface area (Å²) in [7, 11) is 1.65. The van der Waals surface area contributed by atoms with Gasteiger partial charge in [-0.2, -0.15) is 5.10 Å². The Hall–Kier alpha value is -2.25. The van der Waals surface area contributed by atoms with Crippen molar-refractivity contribution in [2.24, 2.45) is 0 Å². The second kappa shape index (κ2) is 8.22. The summed E-state index contributed by atoms with van der Waals surface area (Å²) in [5.74, 6) is -0.373. The number of aromatic nitrogens is 2. The molecule has 1 aromatic heterocycles. The van der Waals surface area contributed by atoms with Gasteiger partial charge in [0.1, 0.15) is 11.5 Å². The van der Waals surface area contributed by atoms with Gasteiger partial charge in [0.15, 0.2) is 0 Å². The predicted octanol–water partition coefficient (Wildman–Crippen LogP) is 2.48. The van der Waals surface area contributed by atoms with Crippen molar-refractivity contribution in [3.05, 3.63) is 41.8 Å². The normalized spacial score (nSPS) is 15.5. The van der Waals surface area contributed by atoms with Gasteiger partial charge >= 0.3 is 0 Å². The van der Waals surface area contributed by atoms with E-state index in [1.54, 1.807) is 30.2 Å². The summed E-state index contributed by atoms with van der Waals surface area (Å²) < 4.78 is 23.7. The summed E-state index contributed by atoms with van der Waals surface area (Å²) in [5.41, 5.74) is 1.83. The van der Waals surface area contributed by atoms with Gasteiger partial charge in [0.05, 0.1) is 25.0 Å². The van der Waals surface area contributed by atoms with E-state index < -0.39 is 0 Å². The highest BCUT2D eigenvalue weighted by Crippen LogP contribution is 2.20. The highest BCUT2D eigenvalue weighted by atomic mass is 19.1. The first kappa shape index (κ1) is 17.6. The molecule has 1 amide bonds. The highest BCUT2D eigenvalue weighted by molar-refractivity contribution is 5.93. The third-order valence-corrected chi connectivity index (χ3v) is 4.32. The Labute approximate surface area is 145 Å². The van der Waals surface area contributed by atoms with E-state index in [-0.39, 0.29) is 17.8 Å². The number of ether oxygens (including phenoxy) is 2. The van der Waals surface area contributed by atoms with Crippen molar-refractivity contribution >= 4 is 5.91 Å². The van der Waals surface area contributed by atoms with Crippen LogP contribution in [0.4, 0.5) is 4.39 Å². The average molecular weight is 347 g/mol. The van der Waals surface area contributed by atoms with Gasteiger partial charge in [-0.05, 0) is 43.2 Å². The van der Waals surface area contributed by atoms with Crippen LogP contribution in [-0.2, 0) is 9.47 Å². The van der Waals surface area contributed by atoms with Crippen molar-refractivity contribution in [2.45, 2.75) is 18.9 Å². The van der Waals surface area contributed by atoms with Crippen LogP contribution in [0.25, 0.3) is 11.3 Å². The van der Waals surface area contributed by atoms with Crippen LogP contribution < -0.4 is 0 Å². The number of nitrogens with one attached hydrogen (secondary N) is 1. The molecule has 0 aliphatic carbocycles. The molecule has 1 aliphatic heterocycles. The standard InChI is InChI=1S/C18H22FN3O3/c1-24-10-11-25-15-6-8-22(9-7-15)18(23)17-12-16(20-21-17)13-2-4-14(19)5-3-13/h2-5,12,15H,6-11H2,1H3,(H,20,21). The fourth-order valence-corrected chi connectivity index (χ4v) is 2.89. The molecule has 3 rings (SSSR count). The van der Waals surface area contributed by atoms with Crippen molar-refractivity contribution in [3.63, 3.8) is 0 Å². The van der Waals surface area contributed by atoms with E-state index in [4.69, 9.17) is 9.47 Å². The lowest BCUT2D eigenvalue weighted by Gasteiger charge is -2.31. The van der Waals surface area contributed by atoms with Crippen molar-refractivity contribution in [3.8, 4) is 11.3 Å². The zero-order valence-electron chi connectivity index (χ0n) is 14.2. The summed E-state index contributed by atoms with van der Waals surface area (Å²) in [6.45, 7) is 2.47. The molecular formula is C18H22FN3O3. The Bertz CT molecular complexity index is 694. The summed E-state index contributed by atoms with van der Waals surface area (Å²) in [5, 5.41) is 6.95. The van der Waals surface area contributed by atoms with Crippen molar-refractivity contribution in [1.82, 2.24) is 15.1 Å². The Morgan fingerprint density at radius 3 is 2.68 bits per heavy atom. The molecule has 0 spiro atoms. The Morgan fingerprint density at radius 1 is 1.28 bits per heavy atom. The largest absolute Gasteiger partial charge is 0.382 e. The molecule has 0 atom stereocenters. The molecule has 0 unspecified atom stereocenters. The van der Waals surface area contributed by atoms with E-state index >= 15 is 0 Å². The van der Waals surface area contributed by atoms with E-state index in [0.717, 1.165) is 18.4 Å². The Morgan fingerprint density at radius 2 is 2.00 bits per heavy atom. The van der Waals surface area contributed by atoms with Gasteiger partial charge in [-0.1, -0.05) is 0 Å². The fourth-order valence-electron chi connectivity index (χ4n) is 2.89.